The summed E-state index contributed by atoms with van der Waals surface area (Å²) in [5.41, 5.74) is 1.10. The Hall–Kier alpha value is -2.87. The number of benzene rings is 1. The van der Waals surface area contributed by atoms with E-state index in [0.29, 0.717) is 35.6 Å². The number of carbonyl (C=O) groups excluding carboxylic acids is 1. The molecule has 2 rings (SSSR count). The molecule has 0 aliphatic rings. The van der Waals surface area contributed by atoms with Gasteiger partial charge < -0.3 is 24.9 Å². The van der Waals surface area contributed by atoms with Crippen molar-refractivity contribution >= 4 is 34.9 Å². The summed E-state index contributed by atoms with van der Waals surface area (Å²) >= 11 is 5.15. The molecule has 0 aliphatic heterocycles. The summed E-state index contributed by atoms with van der Waals surface area (Å²) in [5, 5.41) is 14.6. The molecule has 0 spiro atoms. The van der Waals surface area contributed by atoms with Crippen molar-refractivity contribution in [1.29, 1.82) is 0 Å². The van der Waals surface area contributed by atoms with Crippen molar-refractivity contribution in [1.82, 2.24) is 5.32 Å². The average Bonchev–Trinajstić information content (AvgIpc) is 3.04. The normalized spacial score (nSPS) is 10.2. The van der Waals surface area contributed by atoms with Crippen molar-refractivity contribution in [2.24, 2.45) is 0 Å². The molecule has 7 nitrogen and oxygen atoms in total. The predicted octanol–water partition coefficient (Wildman–Crippen LogP) is 3.27. The fourth-order valence-electron chi connectivity index (χ4n) is 2.14. The maximum absolute atomic E-state index is 11.7. The van der Waals surface area contributed by atoms with E-state index in [-0.39, 0.29) is 16.8 Å². The largest absolute Gasteiger partial charge is 0.497 e. The third-order valence-electron chi connectivity index (χ3n) is 3.29. The first-order valence-corrected chi connectivity index (χ1v) is 7.97. The van der Waals surface area contributed by atoms with Gasteiger partial charge >= 0.3 is 5.97 Å². The Morgan fingerprint density at radius 3 is 2.64 bits per heavy atom. The number of furan rings is 1. The highest BCUT2D eigenvalue weighted by Crippen LogP contribution is 2.32. The molecule has 1 aromatic carbocycles. The van der Waals surface area contributed by atoms with Crippen LogP contribution in [0.1, 0.15) is 30.3 Å². The predicted molar refractivity (Wildman–Crippen MR) is 96.9 cm³/mol. The zero-order valence-corrected chi connectivity index (χ0v) is 14.6. The molecule has 1 aromatic heterocycles. The first-order chi connectivity index (χ1) is 11.9. The summed E-state index contributed by atoms with van der Waals surface area (Å²) in [6, 6.07) is 8.02. The number of carboxylic acid groups (broad SMARTS) is 1. The van der Waals surface area contributed by atoms with Crippen LogP contribution in [0.3, 0.4) is 0 Å². The van der Waals surface area contributed by atoms with Gasteiger partial charge in [-0.2, -0.15) is 0 Å². The van der Waals surface area contributed by atoms with E-state index in [9.17, 15) is 9.59 Å². The molecule has 2 aromatic rings. The van der Waals surface area contributed by atoms with E-state index < -0.39 is 5.97 Å². The van der Waals surface area contributed by atoms with Gasteiger partial charge in [-0.15, -0.1) is 0 Å². The molecule has 0 saturated carbocycles. The number of rotatable bonds is 6. The molecular formula is C17H18N2O5S. The lowest BCUT2D eigenvalue weighted by atomic mass is 10.1. The van der Waals surface area contributed by atoms with Crippen LogP contribution in [0, 0.1) is 0 Å². The molecule has 0 unspecified atom stereocenters. The quantitative estimate of drug-likeness (QED) is 0.678. The van der Waals surface area contributed by atoms with E-state index in [2.05, 4.69) is 10.6 Å². The van der Waals surface area contributed by atoms with Gasteiger partial charge in [0.25, 0.3) is 0 Å². The highest BCUT2D eigenvalue weighted by Gasteiger charge is 2.15. The van der Waals surface area contributed by atoms with Crippen LogP contribution in [0.25, 0.3) is 11.3 Å². The minimum atomic E-state index is -1.16. The molecule has 8 heteroatoms. The number of carboxylic acids is 1. The van der Waals surface area contributed by atoms with Crippen LogP contribution < -0.4 is 15.4 Å². The number of hydrogen-bond acceptors (Lipinski definition) is 5. The van der Waals surface area contributed by atoms with Gasteiger partial charge in [-0.05, 0) is 42.9 Å². The van der Waals surface area contributed by atoms with Crippen LogP contribution in [0.15, 0.2) is 34.7 Å². The van der Waals surface area contributed by atoms with E-state index in [1.807, 2.05) is 6.92 Å². The van der Waals surface area contributed by atoms with E-state index in [1.54, 1.807) is 24.3 Å². The van der Waals surface area contributed by atoms with Gasteiger partial charge in [0.2, 0.25) is 11.7 Å². The second-order valence-electron chi connectivity index (χ2n) is 5.13. The number of aromatic carboxylic acids is 1. The number of methoxy groups -OCH3 is 1. The maximum Gasteiger partial charge on any atom is 0.371 e. The molecule has 0 radical (unpaired) electrons. The Labute approximate surface area is 150 Å². The summed E-state index contributed by atoms with van der Waals surface area (Å²) in [5.74, 6) is -0.591. The number of hydrogen-bond donors (Lipinski definition) is 3. The summed E-state index contributed by atoms with van der Waals surface area (Å²) in [6.45, 7) is 1.90. The number of nitrogens with one attached hydrogen (secondary N) is 2. The summed E-state index contributed by atoms with van der Waals surface area (Å²) in [7, 11) is 1.52. The number of anilines is 1. The van der Waals surface area contributed by atoms with Crippen molar-refractivity contribution in [3.63, 3.8) is 0 Å². The first kappa shape index (κ1) is 18.5. The van der Waals surface area contributed by atoms with Gasteiger partial charge in [0.05, 0.1) is 12.8 Å². The molecule has 0 fully saturated rings. The van der Waals surface area contributed by atoms with E-state index in [4.69, 9.17) is 26.5 Å². The van der Waals surface area contributed by atoms with Gasteiger partial charge in [0.15, 0.2) is 5.11 Å². The van der Waals surface area contributed by atoms with Crippen LogP contribution in [0.4, 0.5) is 5.69 Å². The molecule has 132 valence electrons. The van der Waals surface area contributed by atoms with Gasteiger partial charge in [-0.3, -0.25) is 4.79 Å². The highest BCUT2D eigenvalue weighted by atomic mass is 32.1. The molecule has 0 bridgehead atoms. The number of amides is 1. The van der Waals surface area contributed by atoms with Crippen LogP contribution in [-0.4, -0.2) is 29.2 Å². The minimum absolute atomic E-state index is 0.137. The van der Waals surface area contributed by atoms with Crippen LogP contribution in [-0.2, 0) is 4.79 Å². The Morgan fingerprint density at radius 2 is 2.04 bits per heavy atom. The molecule has 0 atom stereocenters. The second kappa shape index (κ2) is 8.29. The van der Waals surface area contributed by atoms with Gasteiger partial charge in [0.1, 0.15) is 11.5 Å². The Balaban J connectivity index is 2.29. The number of ether oxygens (including phenoxy) is 1. The molecule has 0 saturated heterocycles. The zero-order chi connectivity index (χ0) is 18.4. The van der Waals surface area contributed by atoms with Crippen LogP contribution >= 0.6 is 12.2 Å². The second-order valence-corrected chi connectivity index (χ2v) is 5.54. The lowest BCUT2D eigenvalue weighted by molar-refractivity contribution is -0.119. The van der Waals surface area contributed by atoms with Crippen molar-refractivity contribution < 1.29 is 23.8 Å². The SMILES string of the molecule is CCCC(=O)NC(=S)Nc1cc(OC)ccc1-c1ccc(C(=O)O)o1. The molecule has 3 N–H and O–H groups in total. The van der Waals surface area contributed by atoms with Crippen LogP contribution in [0.5, 0.6) is 5.75 Å². The van der Waals surface area contributed by atoms with E-state index >= 15 is 0 Å². The molecule has 25 heavy (non-hydrogen) atoms. The zero-order valence-electron chi connectivity index (χ0n) is 13.8. The minimum Gasteiger partial charge on any atom is -0.497 e. The van der Waals surface area contributed by atoms with Gasteiger partial charge in [-0.1, -0.05) is 6.92 Å². The van der Waals surface area contributed by atoms with Crippen molar-refractivity contribution in [2.75, 3.05) is 12.4 Å². The summed E-state index contributed by atoms with van der Waals surface area (Å²) in [4.78, 5) is 22.6. The average molecular weight is 362 g/mol. The number of thiocarbonyl (C=S) groups is 1. The third-order valence-corrected chi connectivity index (χ3v) is 3.49. The van der Waals surface area contributed by atoms with E-state index in [1.165, 1.54) is 13.2 Å². The lowest BCUT2D eigenvalue weighted by Gasteiger charge is -2.13. The van der Waals surface area contributed by atoms with Crippen molar-refractivity contribution in [2.45, 2.75) is 19.8 Å². The Kier molecular flexibility index (Phi) is 6.13. The fraction of sp³-hybridized carbons (Fsp3) is 0.235. The third kappa shape index (κ3) is 4.80. The van der Waals surface area contributed by atoms with Crippen molar-refractivity contribution in [3.05, 3.63) is 36.1 Å². The smallest absolute Gasteiger partial charge is 0.371 e. The molecule has 1 amide bonds. The standard InChI is InChI=1S/C17H18N2O5S/c1-3-4-15(20)19-17(25)18-12-9-10(23-2)5-6-11(12)13-7-8-14(24-13)16(21)22/h5-9H,3-4H2,1-2H3,(H,21,22)(H2,18,19,20,25). The van der Waals surface area contributed by atoms with Crippen LogP contribution in [0.2, 0.25) is 0 Å². The fourth-order valence-corrected chi connectivity index (χ4v) is 2.36. The number of carbonyl (C=O) groups is 2. The molecular weight excluding hydrogens is 344 g/mol. The highest BCUT2D eigenvalue weighted by molar-refractivity contribution is 7.80. The Bertz CT molecular complexity index is 800. The summed E-state index contributed by atoms with van der Waals surface area (Å²) < 4.78 is 10.5. The summed E-state index contributed by atoms with van der Waals surface area (Å²) in [6.07, 6.45) is 1.08. The first-order valence-electron chi connectivity index (χ1n) is 7.57. The monoisotopic (exact) mass is 362 g/mol. The van der Waals surface area contributed by atoms with Gasteiger partial charge in [0, 0.05) is 18.1 Å². The maximum atomic E-state index is 11.7. The topological polar surface area (TPSA) is 101 Å². The lowest BCUT2D eigenvalue weighted by Crippen LogP contribution is -2.33. The van der Waals surface area contributed by atoms with Crippen molar-refractivity contribution in [3.8, 4) is 17.1 Å². The Morgan fingerprint density at radius 1 is 1.28 bits per heavy atom. The van der Waals surface area contributed by atoms with E-state index in [0.717, 1.165) is 0 Å². The molecule has 0 aliphatic carbocycles. The molecule has 1 heterocycles. The van der Waals surface area contributed by atoms with Gasteiger partial charge in [-0.25, -0.2) is 4.79 Å².